The zero-order chi connectivity index (χ0) is 14.9. The first-order valence-electron chi connectivity index (χ1n) is 5.76. The number of aryl methyl sites for hydroxylation is 1. The highest BCUT2D eigenvalue weighted by atomic mass is 32.2. The molecular formula is C12H14FN3O2S2. The molecule has 0 atom stereocenters. The molecule has 2 aromatic rings. The maximum atomic E-state index is 13.6. The van der Waals surface area contributed by atoms with Gasteiger partial charge in [0.1, 0.15) is 5.82 Å². The normalized spacial score (nSPS) is 11.8. The lowest BCUT2D eigenvalue weighted by Gasteiger charge is -2.10. The molecule has 0 radical (unpaired) electrons. The first kappa shape index (κ1) is 14.9. The molecule has 20 heavy (non-hydrogen) atoms. The van der Waals surface area contributed by atoms with Gasteiger partial charge in [-0.3, -0.25) is 0 Å². The van der Waals surface area contributed by atoms with Crippen LogP contribution in [0.5, 0.6) is 0 Å². The Hall–Kier alpha value is -1.51. The lowest BCUT2D eigenvalue weighted by Crippen LogP contribution is -2.24. The summed E-state index contributed by atoms with van der Waals surface area (Å²) in [6.07, 6.45) is 0. The van der Waals surface area contributed by atoms with Crippen LogP contribution in [0.25, 0.3) is 0 Å². The number of nitrogens with two attached hydrogens (primary N) is 1. The SMILES string of the molecule is Cc1nc(CNS(=O)(=O)c2cc(N)cc(F)c2C)cs1. The van der Waals surface area contributed by atoms with Crippen LogP contribution >= 0.6 is 11.3 Å². The van der Waals surface area contributed by atoms with Crippen molar-refractivity contribution in [1.29, 1.82) is 0 Å². The average molecular weight is 315 g/mol. The van der Waals surface area contributed by atoms with E-state index in [9.17, 15) is 12.8 Å². The summed E-state index contributed by atoms with van der Waals surface area (Å²) in [5, 5.41) is 2.62. The zero-order valence-corrected chi connectivity index (χ0v) is 12.6. The van der Waals surface area contributed by atoms with Gasteiger partial charge in [0, 0.05) is 16.6 Å². The molecule has 1 heterocycles. The Morgan fingerprint density at radius 1 is 1.40 bits per heavy atom. The molecule has 0 saturated carbocycles. The summed E-state index contributed by atoms with van der Waals surface area (Å²) >= 11 is 1.43. The van der Waals surface area contributed by atoms with E-state index in [4.69, 9.17) is 5.73 Å². The van der Waals surface area contributed by atoms with Gasteiger partial charge >= 0.3 is 0 Å². The summed E-state index contributed by atoms with van der Waals surface area (Å²) in [4.78, 5) is 4.01. The molecule has 1 aromatic carbocycles. The van der Waals surface area contributed by atoms with Gasteiger partial charge in [0.15, 0.2) is 0 Å². The topological polar surface area (TPSA) is 85.1 Å². The van der Waals surface area contributed by atoms with E-state index in [2.05, 4.69) is 9.71 Å². The molecule has 8 heteroatoms. The second-order valence-electron chi connectivity index (χ2n) is 4.31. The number of rotatable bonds is 4. The third-order valence-corrected chi connectivity index (χ3v) is 5.07. The first-order valence-corrected chi connectivity index (χ1v) is 8.12. The van der Waals surface area contributed by atoms with Gasteiger partial charge in [-0.2, -0.15) is 0 Å². The Morgan fingerprint density at radius 2 is 2.10 bits per heavy atom. The van der Waals surface area contributed by atoms with E-state index in [0.717, 1.165) is 11.1 Å². The fourth-order valence-electron chi connectivity index (χ4n) is 1.69. The number of halogens is 1. The number of thiazole rings is 1. The van der Waals surface area contributed by atoms with E-state index in [1.807, 2.05) is 6.92 Å². The van der Waals surface area contributed by atoms with Crippen molar-refractivity contribution in [2.24, 2.45) is 0 Å². The molecule has 0 unspecified atom stereocenters. The van der Waals surface area contributed by atoms with Crippen molar-refractivity contribution in [3.05, 3.63) is 39.6 Å². The number of nitrogens with zero attached hydrogens (tertiary/aromatic N) is 1. The molecule has 0 aliphatic rings. The van der Waals surface area contributed by atoms with E-state index < -0.39 is 15.8 Å². The fraction of sp³-hybridized carbons (Fsp3) is 0.250. The Balaban J connectivity index is 2.27. The van der Waals surface area contributed by atoms with Crippen molar-refractivity contribution in [2.75, 3.05) is 5.73 Å². The van der Waals surface area contributed by atoms with Gasteiger partial charge in [-0.25, -0.2) is 22.5 Å². The molecule has 3 N–H and O–H groups in total. The highest BCUT2D eigenvalue weighted by Gasteiger charge is 2.20. The van der Waals surface area contributed by atoms with E-state index in [-0.39, 0.29) is 22.7 Å². The van der Waals surface area contributed by atoms with Gasteiger partial charge in [-0.1, -0.05) is 0 Å². The number of nitrogen functional groups attached to an aromatic ring is 1. The highest BCUT2D eigenvalue weighted by Crippen LogP contribution is 2.22. The Kier molecular flexibility index (Phi) is 4.07. The number of benzene rings is 1. The Labute approximate surface area is 120 Å². The zero-order valence-electron chi connectivity index (χ0n) is 11.0. The molecule has 108 valence electrons. The Bertz CT molecular complexity index is 741. The number of anilines is 1. The van der Waals surface area contributed by atoms with Crippen molar-refractivity contribution in [3.63, 3.8) is 0 Å². The first-order chi connectivity index (χ1) is 9.29. The standard InChI is InChI=1S/C12H14FN3O2S2/c1-7-11(13)3-9(14)4-12(7)20(17,18)15-5-10-6-19-8(2)16-10/h3-4,6,15H,5,14H2,1-2H3. The molecule has 0 saturated heterocycles. The maximum Gasteiger partial charge on any atom is 0.241 e. The third kappa shape index (κ3) is 3.14. The highest BCUT2D eigenvalue weighted by molar-refractivity contribution is 7.89. The summed E-state index contributed by atoms with van der Waals surface area (Å²) in [5.74, 6) is -0.644. The molecule has 0 bridgehead atoms. The number of hydrogen-bond acceptors (Lipinski definition) is 5. The molecule has 0 spiro atoms. The van der Waals surface area contributed by atoms with Crippen LogP contribution in [-0.2, 0) is 16.6 Å². The summed E-state index contributed by atoms with van der Waals surface area (Å²) in [6, 6.07) is 2.34. The van der Waals surface area contributed by atoms with Crippen molar-refractivity contribution >= 4 is 27.0 Å². The minimum absolute atomic E-state index is 0.0427. The summed E-state index contributed by atoms with van der Waals surface area (Å²) < 4.78 is 40.3. The Morgan fingerprint density at radius 3 is 2.70 bits per heavy atom. The van der Waals surface area contributed by atoms with Crippen LogP contribution in [0.2, 0.25) is 0 Å². The number of aromatic nitrogens is 1. The average Bonchev–Trinajstić information content (AvgIpc) is 2.77. The largest absolute Gasteiger partial charge is 0.399 e. The van der Waals surface area contributed by atoms with E-state index in [1.165, 1.54) is 24.3 Å². The van der Waals surface area contributed by atoms with Gasteiger partial charge in [0.25, 0.3) is 0 Å². The molecular weight excluding hydrogens is 301 g/mol. The molecule has 5 nitrogen and oxygen atoms in total. The van der Waals surface area contributed by atoms with Crippen molar-refractivity contribution in [3.8, 4) is 0 Å². The molecule has 0 aliphatic carbocycles. The van der Waals surface area contributed by atoms with Crippen molar-refractivity contribution < 1.29 is 12.8 Å². The van der Waals surface area contributed by atoms with Crippen LogP contribution in [0.3, 0.4) is 0 Å². The predicted octanol–water partition coefficient (Wildman–Crippen LogP) is 1.96. The lowest BCUT2D eigenvalue weighted by molar-refractivity contribution is 0.574. The molecule has 0 aliphatic heterocycles. The monoisotopic (exact) mass is 315 g/mol. The van der Waals surface area contributed by atoms with Gasteiger partial charge in [-0.05, 0) is 26.0 Å². The molecule has 2 rings (SSSR count). The molecule has 0 amide bonds. The number of sulfonamides is 1. The van der Waals surface area contributed by atoms with Crippen LogP contribution < -0.4 is 10.5 Å². The van der Waals surface area contributed by atoms with Gasteiger partial charge < -0.3 is 5.73 Å². The summed E-state index contributed by atoms with van der Waals surface area (Å²) in [6.45, 7) is 3.29. The van der Waals surface area contributed by atoms with Gasteiger partial charge in [0.2, 0.25) is 10.0 Å². The lowest BCUT2D eigenvalue weighted by atomic mass is 10.2. The molecule has 1 aromatic heterocycles. The minimum atomic E-state index is -3.83. The smallest absolute Gasteiger partial charge is 0.241 e. The van der Waals surface area contributed by atoms with Crippen molar-refractivity contribution in [2.45, 2.75) is 25.3 Å². The predicted molar refractivity (Wildman–Crippen MR) is 76.4 cm³/mol. The quantitative estimate of drug-likeness (QED) is 0.845. The van der Waals surface area contributed by atoms with E-state index >= 15 is 0 Å². The van der Waals surface area contributed by atoms with E-state index in [1.54, 1.807) is 5.38 Å². The number of hydrogen-bond donors (Lipinski definition) is 2. The van der Waals surface area contributed by atoms with Crippen LogP contribution in [0.1, 0.15) is 16.3 Å². The summed E-state index contributed by atoms with van der Waals surface area (Å²) in [7, 11) is -3.83. The third-order valence-electron chi connectivity index (χ3n) is 2.72. The van der Waals surface area contributed by atoms with Gasteiger partial charge in [-0.15, -0.1) is 11.3 Å². The van der Waals surface area contributed by atoms with Crippen LogP contribution in [0.4, 0.5) is 10.1 Å². The van der Waals surface area contributed by atoms with Crippen molar-refractivity contribution in [1.82, 2.24) is 9.71 Å². The second kappa shape index (κ2) is 5.47. The van der Waals surface area contributed by atoms with Gasteiger partial charge in [0.05, 0.1) is 22.1 Å². The van der Waals surface area contributed by atoms with Crippen LogP contribution in [0, 0.1) is 19.7 Å². The minimum Gasteiger partial charge on any atom is -0.399 e. The fourth-order valence-corrected chi connectivity index (χ4v) is 3.59. The van der Waals surface area contributed by atoms with Crippen LogP contribution in [-0.4, -0.2) is 13.4 Å². The van der Waals surface area contributed by atoms with E-state index in [0.29, 0.717) is 5.69 Å². The summed E-state index contributed by atoms with van der Waals surface area (Å²) in [5.41, 5.74) is 6.23. The molecule has 0 fully saturated rings. The maximum absolute atomic E-state index is 13.6. The van der Waals surface area contributed by atoms with Crippen LogP contribution in [0.15, 0.2) is 22.4 Å². The number of nitrogens with one attached hydrogen (secondary N) is 1. The second-order valence-corrected chi connectivity index (χ2v) is 7.11.